The Morgan fingerprint density at radius 2 is 2.06 bits per heavy atom. The molecule has 0 aliphatic carbocycles. The molecule has 1 rings (SSSR count). The number of benzene rings is 1. The second-order valence-electron chi connectivity index (χ2n) is 3.69. The van der Waals surface area contributed by atoms with Crippen molar-refractivity contribution in [2.24, 2.45) is 0 Å². The van der Waals surface area contributed by atoms with Crippen LogP contribution in [0.1, 0.15) is 5.56 Å². The number of hydrogen-bond donors (Lipinski definition) is 1. The topological polar surface area (TPSA) is 32.3 Å². The Labute approximate surface area is 114 Å². The molecule has 0 aromatic heterocycles. The van der Waals surface area contributed by atoms with Crippen LogP contribution in [0.2, 0.25) is 5.02 Å². The second kappa shape index (κ2) is 8.34. The second-order valence-corrected chi connectivity index (χ2v) is 4.09. The van der Waals surface area contributed by atoms with E-state index in [9.17, 15) is 4.79 Å². The minimum atomic E-state index is 0. The summed E-state index contributed by atoms with van der Waals surface area (Å²) in [4.78, 5) is 13.5. The molecule has 0 spiro atoms. The maximum atomic E-state index is 11.8. The molecule has 0 aliphatic rings. The summed E-state index contributed by atoms with van der Waals surface area (Å²) < 4.78 is 0. The smallest absolute Gasteiger partial charge is 0.226 e. The quantitative estimate of drug-likeness (QED) is 0.892. The third-order valence-electron chi connectivity index (χ3n) is 2.42. The van der Waals surface area contributed by atoms with Crippen molar-refractivity contribution >= 4 is 29.9 Å². The van der Waals surface area contributed by atoms with Crippen LogP contribution in [0.25, 0.3) is 0 Å². The first-order chi connectivity index (χ1) is 7.65. The summed E-state index contributed by atoms with van der Waals surface area (Å²) in [6.45, 7) is 1.50. The lowest BCUT2D eigenvalue weighted by molar-refractivity contribution is -0.129. The van der Waals surface area contributed by atoms with Crippen molar-refractivity contribution in [3.8, 4) is 0 Å². The van der Waals surface area contributed by atoms with Crippen LogP contribution in [-0.2, 0) is 11.2 Å². The van der Waals surface area contributed by atoms with Gasteiger partial charge in [-0.1, -0.05) is 29.8 Å². The van der Waals surface area contributed by atoms with Gasteiger partial charge < -0.3 is 10.2 Å². The summed E-state index contributed by atoms with van der Waals surface area (Å²) in [5.41, 5.74) is 0.880. The summed E-state index contributed by atoms with van der Waals surface area (Å²) in [6.07, 6.45) is 0.361. The lowest BCUT2D eigenvalue weighted by atomic mass is 10.1. The fourth-order valence-electron chi connectivity index (χ4n) is 1.34. The number of halogens is 2. The Balaban J connectivity index is 0.00000256. The standard InChI is InChI=1S/C12H17ClN2O.ClH/c1-14-7-8-15(2)12(16)9-10-5-3-4-6-11(10)13;/h3-6,14H,7-9H2,1-2H3;1H. The zero-order valence-corrected chi connectivity index (χ0v) is 11.6. The number of carbonyl (C=O) groups is 1. The van der Waals surface area contributed by atoms with Gasteiger partial charge in [0.15, 0.2) is 0 Å². The van der Waals surface area contributed by atoms with Gasteiger partial charge in [-0.25, -0.2) is 0 Å². The van der Waals surface area contributed by atoms with Gasteiger partial charge in [-0.3, -0.25) is 4.79 Å². The molecule has 0 atom stereocenters. The summed E-state index contributed by atoms with van der Waals surface area (Å²) in [7, 11) is 3.67. The zero-order valence-electron chi connectivity index (χ0n) is 10.1. The normalized spacial score (nSPS) is 9.59. The minimum Gasteiger partial charge on any atom is -0.344 e. The van der Waals surface area contributed by atoms with E-state index in [-0.39, 0.29) is 18.3 Å². The summed E-state index contributed by atoms with van der Waals surface area (Å²) >= 11 is 5.99. The predicted molar refractivity (Wildman–Crippen MR) is 74.0 cm³/mol. The predicted octanol–water partition coefficient (Wildman–Crippen LogP) is 1.98. The highest BCUT2D eigenvalue weighted by atomic mass is 35.5. The molecule has 0 saturated carbocycles. The van der Waals surface area contributed by atoms with E-state index < -0.39 is 0 Å². The number of rotatable bonds is 5. The molecule has 0 radical (unpaired) electrons. The number of nitrogens with one attached hydrogen (secondary N) is 1. The SMILES string of the molecule is CNCCN(C)C(=O)Cc1ccccc1Cl.Cl. The van der Waals surface area contributed by atoms with Gasteiger partial charge in [-0.15, -0.1) is 12.4 Å². The maximum Gasteiger partial charge on any atom is 0.226 e. The van der Waals surface area contributed by atoms with Gasteiger partial charge in [0.25, 0.3) is 0 Å². The van der Waals surface area contributed by atoms with E-state index in [2.05, 4.69) is 5.32 Å². The molecule has 0 heterocycles. The average Bonchev–Trinajstić information content (AvgIpc) is 2.28. The van der Waals surface area contributed by atoms with Crippen LogP contribution in [-0.4, -0.2) is 38.0 Å². The fourth-order valence-corrected chi connectivity index (χ4v) is 1.55. The Hall–Kier alpha value is -0.770. The van der Waals surface area contributed by atoms with Gasteiger partial charge in [0, 0.05) is 25.2 Å². The van der Waals surface area contributed by atoms with Gasteiger partial charge in [-0.05, 0) is 18.7 Å². The molecule has 1 N–H and O–H groups in total. The molecule has 1 amide bonds. The highest BCUT2D eigenvalue weighted by molar-refractivity contribution is 6.31. The van der Waals surface area contributed by atoms with Crippen LogP contribution in [0.4, 0.5) is 0 Å². The molecule has 17 heavy (non-hydrogen) atoms. The van der Waals surface area contributed by atoms with E-state index in [1.165, 1.54) is 0 Å². The van der Waals surface area contributed by atoms with Crippen LogP contribution >= 0.6 is 24.0 Å². The molecule has 0 bridgehead atoms. The van der Waals surface area contributed by atoms with Crippen molar-refractivity contribution in [1.29, 1.82) is 0 Å². The Morgan fingerprint density at radius 1 is 1.41 bits per heavy atom. The molecule has 3 nitrogen and oxygen atoms in total. The van der Waals surface area contributed by atoms with E-state index in [1.54, 1.807) is 18.0 Å². The van der Waals surface area contributed by atoms with Crippen LogP contribution in [0.15, 0.2) is 24.3 Å². The minimum absolute atomic E-state index is 0. The van der Waals surface area contributed by atoms with Gasteiger partial charge in [0.2, 0.25) is 5.91 Å². The van der Waals surface area contributed by atoms with E-state index in [0.29, 0.717) is 18.0 Å². The van der Waals surface area contributed by atoms with Gasteiger partial charge in [-0.2, -0.15) is 0 Å². The van der Waals surface area contributed by atoms with E-state index >= 15 is 0 Å². The molecule has 5 heteroatoms. The monoisotopic (exact) mass is 276 g/mol. The Morgan fingerprint density at radius 3 is 2.65 bits per heavy atom. The first-order valence-electron chi connectivity index (χ1n) is 5.27. The van der Waals surface area contributed by atoms with Crippen molar-refractivity contribution in [2.75, 3.05) is 27.2 Å². The third-order valence-corrected chi connectivity index (χ3v) is 2.79. The molecule has 1 aromatic rings. The summed E-state index contributed by atoms with van der Waals surface area (Å²) in [5.74, 6) is 0.0864. The van der Waals surface area contributed by atoms with Crippen molar-refractivity contribution in [3.05, 3.63) is 34.9 Å². The molecular formula is C12H18Cl2N2O. The first kappa shape index (κ1) is 16.2. The van der Waals surface area contributed by atoms with Crippen molar-refractivity contribution in [3.63, 3.8) is 0 Å². The highest BCUT2D eigenvalue weighted by Gasteiger charge is 2.10. The van der Waals surface area contributed by atoms with Crippen LogP contribution in [0, 0.1) is 0 Å². The van der Waals surface area contributed by atoms with Crippen LogP contribution < -0.4 is 5.32 Å². The molecule has 0 aliphatic heterocycles. The van der Waals surface area contributed by atoms with Crippen molar-refractivity contribution < 1.29 is 4.79 Å². The number of nitrogens with zero attached hydrogens (tertiary/aromatic N) is 1. The van der Waals surface area contributed by atoms with Crippen LogP contribution in [0.3, 0.4) is 0 Å². The number of carbonyl (C=O) groups excluding carboxylic acids is 1. The van der Waals surface area contributed by atoms with Crippen molar-refractivity contribution in [2.45, 2.75) is 6.42 Å². The Kier molecular flexibility index (Phi) is 7.96. The highest BCUT2D eigenvalue weighted by Crippen LogP contribution is 2.15. The summed E-state index contributed by atoms with van der Waals surface area (Å²) in [6, 6.07) is 7.44. The molecule has 1 aromatic carbocycles. The molecular weight excluding hydrogens is 259 g/mol. The maximum absolute atomic E-state index is 11.8. The third kappa shape index (κ3) is 5.39. The number of hydrogen-bond acceptors (Lipinski definition) is 2. The van der Waals surface area contributed by atoms with Gasteiger partial charge >= 0.3 is 0 Å². The van der Waals surface area contributed by atoms with Crippen molar-refractivity contribution in [1.82, 2.24) is 10.2 Å². The number of likely N-dealkylation sites (N-methyl/N-ethyl adjacent to an activating group) is 2. The fraction of sp³-hybridized carbons (Fsp3) is 0.417. The lowest BCUT2D eigenvalue weighted by Gasteiger charge is -2.17. The Bertz CT molecular complexity index is 358. The average molecular weight is 277 g/mol. The largest absolute Gasteiger partial charge is 0.344 e. The molecule has 96 valence electrons. The molecule has 0 unspecified atom stereocenters. The first-order valence-corrected chi connectivity index (χ1v) is 5.65. The zero-order chi connectivity index (χ0) is 12.0. The van der Waals surface area contributed by atoms with E-state index in [0.717, 1.165) is 12.1 Å². The van der Waals surface area contributed by atoms with E-state index in [1.807, 2.05) is 25.2 Å². The van der Waals surface area contributed by atoms with Gasteiger partial charge in [0.05, 0.1) is 6.42 Å². The molecule has 0 fully saturated rings. The number of amides is 1. The van der Waals surface area contributed by atoms with E-state index in [4.69, 9.17) is 11.6 Å². The lowest BCUT2D eigenvalue weighted by Crippen LogP contribution is -2.33. The molecule has 0 saturated heterocycles. The van der Waals surface area contributed by atoms with Crippen LogP contribution in [0.5, 0.6) is 0 Å². The summed E-state index contributed by atoms with van der Waals surface area (Å²) in [5, 5.41) is 3.66. The van der Waals surface area contributed by atoms with Gasteiger partial charge in [0.1, 0.15) is 0 Å².